The topological polar surface area (TPSA) is 59.1 Å². The Morgan fingerprint density at radius 1 is 1.54 bits per heavy atom. The molecule has 72 valence electrons. The maximum absolute atomic E-state index is 10.9. The minimum atomic E-state index is -3.25. The fourth-order valence-electron chi connectivity index (χ4n) is 0.828. The monoisotopic (exact) mass is 220 g/mol. The molecule has 0 fully saturated rings. The number of halogens is 1. The average molecular weight is 221 g/mol. The van der Waals surface area contributed by atoms with Crippen LogP contribution in [0.1, 0.15) is 5.56 Å². The van der Waals surface area contributed by atoms with Crippen LogP contribution in [0.5, 0.6) is 0 Å². The Balaban J connectivity index is 3.04. The van der Waals surface area contributed by atoms with Crippen molar-refractivity contribution in [1.82, 2.24) is 4.98 Å². The van der Waals surface area contributed by atoms with Crippen molar-refractivity contribution in [1.29, 1.82) is 0 Å². The molecular weight excluding hydrogens is 212 g/mol. The lowest BCUT2D eigenvalue weighted by Crippen LogP contribution is -2.10. The van der Waals surface area contributed by atoms with Gasteiger partial charge in [0.2, 0.25) is 10.0 Å². The Morgan fingerprint density at radius 3 is 2.62 bits per heavy atom. The van der Waals surface area contributed by atoms with Crippen LogP contribution in [-0.4, -0.2) is 19.7 Å². The Kier molecular flexibility index (Phi) is 2.77. The molecule has 0 aromatic carbocycles. The summed E-state index contributed by atoms with van der Waals surface area (Å²) in [4.78, 5) is 3.76. The molecule has 0 amide bonds. The second-order valence-corrected chi connectivity index (χ2v) is 4.83. The van der Waals surface area contributed by atoms with Gasteiger partial charge in [0.15, 0.2) is 0 Å². The summed E-state index contributed by atoms with van der Waals surface area (Å²) in [5.41, 5.74) is 1.19. The van der Waals surface area contributed by atoms with Crippen molar-refractivity contribution in [3.8, 4) is 0 Å². The molecule has 0 radical (unpaired) electrons. The zero-order valence-electron chi connectivity index (χ0n) is 7.20. The Hall–Kier alpha value is -0.810. The molecule has 1 heterocycles. The number of hydrogen-bond donors (Lipinski definition) is 1. The minimum Gasteiger partial charge on any atom is -0.282 e. The van der Waals surface area contributed by atoms with Crippen molar-refractivity contribution in [3.63, 3.8) is 0 Å². The van der Waals surface area contributed by atoms with Gasteiger partial charge in [-0.2, -0.15) is 0 Å². The van der Waals surface area contributed by atoms with Gasteiger partial charge in [0, 0.05) is 0 Å². The lowest BCUT2D eigenvalue weighted by atomic mass is 10.3. The van der Waals surface area contributed by atoms with Crippen LogP contribution in [0.3, 0.4) is 0 Å². The third-order valence-electron chi connectivity index (χ3n) is 1.37. The first-order valence-electron chi connectivity index (χ1n) is 3.48. The van der Waals surface area contributed by atoms with E-state index in [0.29, 0.717) is 10.8 Å². The van der Waals surface area contributed by atoms with E-state index in [-0.39, 0.29) is 0 Å². The molecule has 1 aromatic heterocycles. The maximum atomic E-state index is 10.9. The van der Waals surface area contributed by atoms with Crippen molar-refractivity contribution >= 4 is 27.3 Å². The molecule has 4 nitrogen and oxygen atoms in total. The van der Waals surface area contributed by atoms with Crippen LogP contribution < -0.4 is 4.72 Å². The first-order chi connectivity index (χ1) is 5.88. The molecule has 0 unspecified atom stereocenters. The van der Waals surface area contributed by atoms with Gasteiger partial charge in [0.05, 0.1) is 18.1 Å². The Labute approximate surface area is 82.0 Å². The van der Waals surface area contributed by atoms with Crippen LogP contribution in [0, 0.1) is 6.92 Å². The fraction of sp³-hybridized carbons (Fsp3) is 0.286. The summed E-state index contributed by atoms with van der Waals surface area (Å²) in [7, 11) is -3.25. The lowest BCUT2D eigenvalue weighted by Gasteiger charge is -2.06. The molecule has 0 bridgehead atoms. The van der Waals surface area contributed by atoms with E-state index in [4.69, 9.17) is 11.6 Å². The molecule has 0 aliphatic rings. The van der Waals surface area contributed by atoms with Gasteiger partial charge in [-0.1, -0.05) is 11.6 Å². The number of pyridine rings is 1. The van der Waals surface area contributed by atoms with Gasteiger partial charge < -0.3 is 0 Å². The molecule has 0 aliphatic carbocycles. The van der Waals surface area contributed by atoms with Crippen LogP contribution in [0.4, 0.5) is 5.69 Å². The highest BCUT2D eigenvalue weighted by atomic mass is 35.5. The quantitative estimate of drug-likeness (QED) is 0.767. The van der Waals surface area contributed by atoms with Crippen LogP contribution in [0.25, 0.3) is 0 Å². The molecule has 1 aromatic rings. The van der Waals surface area contributed by atoms with E-state index >= 15 is 0 Å². The van der Waals surface area contributed by atoms with Gasteiger partial charge in [-0.25, -0.2) is 13.4 Å². The minimum absolute atomic E-state index is 0.344. The van der Waals surface area contributed by atoms with Crippen molar-refractivity contribution in [3.05, 3.63) is 23.0 Å². The fourth-order valence-corrected chi connectivity index (χ4v) is 1.65. The average Bonchev–Trinajstić information content (AvgIpc) is 1.93. The van der Waals surface area contributed by atoms with Crippen molar-refractivity contribution in [2.24, 2.45) is 0 Å². The van der Waals surface area contributed by atoms with Gasteiger partial charge in [0.1, 0.15) is 5.15 Å². The maximum Gasteiger partial charge on any atom is 0.229 e. The van der Waals surface area contributed by atoms with Crippen molar-refractivity contribution in [2.45, 2.75) is 6.92 Å². The molecule has 0 saturated heterocycles. The van der Waals surface area contributed by atoms with Crippen LogP contribution >= 0.6 is 11.6 Å². The number of nitrogens with zero attached hydrogens (tertiary/aromatic N) is 1. The summed E-state index contributed by atoms with van der Waals surface area (Å²) in [6.45, 7) is 1.75. The van der Waals surface area contributed by atoms with Crippen LogP contribution in [-0.2, 0) is 10.0 Å². The SMILES string of the molecule is Cc1cc(Cl)ncc1NS(C)(=O)=O. The van der Waals surface area contributed by atoms with Gasteiger partial charge in [-0.3, -0.25) is 4.72 Å². The van der Waals surface area contributed by atoms with Gasteiger partial charge >= 0.3 is 0 Å². The highest BCUT2D eigenvalue weighted by molar-refractivity contribution is 7.92. The molecule has 0 spiro atoms. The van der Waals surface area contributed by atoms with E-state index in [9.17, 15) is 8.42 Å². The van der Waals surface area contributed by atoms with Crippen molar-refractivity contribution in [2.75, 3.05) is 11.0 Å². The molecule has 1 N–H and O–H groups in total. The molecule has 0 atom stereocenters. The largest absolute Gasteiger partial charge is 0.282 e. The number of nitrogens with one attached hydrogen (secondary N) is 1. The Morgan fingerprint density at radius 2 is 2.15 bits per heavy atom. The second-order valence-electron chi connectivity index (χ2n) is 2.70. The number of aromatic nitrogens is 1. The predicted molar refractivity (Wildman–Crippen MR) is 52.5 cm³/mol. The third kappa shape index (κ3) is 3.20. The van der Waals surface area contributed by atoms with Crippen LogP contribution in [0.15, 0.2) is 12.3 Å². The number of hydrogen-bond acceptors (Lipinski definition) is 3. The summed E-state index contributed by atoms with van der Waals surface area (Å²) >= 11 is 5.60. The summed E-state index contributed by atoms with van der Waals surface area (Å²) < 4.78 is 24.1. The number of rotatable bonds is 2. The van der Waals surface area contributed by atoms with Gasteiger partial charge in [-0.15, -0.1) is 0 Å². The Bertz CT molecular complexity index is 417. The number of aryl methyl sites for hydroxylation is 1. The molecule has 0 aliphatic heterocycles. The normalized spacial score (nSPS) is 11.3. The van der Waals surface area contributed by atoms with E-state index in [1.54, 1.807) is 13.0 Å². The van der Waals surface area contributed by atoms with E-state index in [1.165, 1.54) is 6.20 Å². The van der Waals surface area contributed by atoms with Crippen molar-refractivity contribution < 1.29 is 8.42 Å². The standard InChI is InChI=1S/C7H9ClN2O2S/c1-5-3-7(8)9-4-6(5)10-13(2,11)12/h3-4,10H,1-2H3. The molecule has 13 heavy (non-hydrogen) atoms. The molecule has 0 saturated carbocycles. The summed E-state index contributed by atoms with van der Waals surface area (Å²) in [6.07, 6.45) is 2.47. The second kappa shape index (κ2) is 3.51. The smallest absolute Gasteiger partial charge is 0.229 e. The molecule has 6 heteroatoms. The number of anilines is 1. The van der Waals surface area contributed by atoms with E-state index < -0.39 is 10.0 Å². The highest BCUT2D eigenvalue weighted by Crippen LogP contribution is 2.17. The number of sulfonamides is 1. The van der Waals surface area contributed by atoms with Gasteiger partial charge in [-0.05, 0) is 18.6 Å². The lowest BCUT2D eigenvalue weighted by molar-refractivity contribution is 0.606. The first-order valence-corrected chi connectivity index (χ1v) is 5.75. The van der Waals surface area contributed by atoms with Gasteiger partial charge in [0.25, 0.3) is 0 Å². The highest BCUT2D eigenvalue weighted by Gasteiger charge is 2.05. The first kappa shape index (κ1) is 10.3. The predicted octanol–water partition coefficient (Wildman–Crippen LogP) is 1.41. The zero-order valence-corrected chi connectivity index (χ0v) is 8.78. The van der Waals surface area contributed by atoms with Crippen LogP contribution in [0.2, 0.25) is 5.15 Å². The molecule has 1 rings (SSSR count). The molecular formula is C7H9ClN2O2S. The zero-order chi connectivity index (χ0) is 10.1. The van der Waals surface area contributed by atoms with E-state index in [0.717, 1.165) is 11.8 Å². The summed E-state index contributed by atoms with van der Waals surface area (Å²) in [5.74, 6) is 0. The van der Waals surface area contributed by atoms with E-state index in [1.807, 2.05) is 0 Å². The third-order valence-corrected chi connectivity index (χ3v) is 2.17. The summed E-state index contributed by atoms with van der Waals surface area (Å²) in [5, 5.41) is 0.344. The summed E-state index contributed by atoms with van der Waals surface area (Å²) in [6, 6.07) is 1.59. The van der Waals surface area contributed by atoms with E-state index in [2.05, 4.69) is 9.71 Å².